The van der Waals surface area contributed by atoms with Gasteiger partial charge in [-0.15, -0.1) is 0 Å². The van der Waals surface area contributed by atoms with E-state index in [0.29, 0.717) is 12.3 Å². The van der Waals surface area contributed by atoms with Crippen LogP contribution in [0.4, 0.5) is 5.69 Å². The number of aliphatic hydroxyl groups excluding tert-OH is 1. The molecular formula is C26H32N2O3. The average molecular weight is 421 g/mol. The van der Waals surface area contributed by atoms with Gasteiger partial charge < -0.3 is 19.8 Å². The predicted octanol–water partition coefficient (Wildman–Crippen LogP) is 4.26. The van der Waals surface area contributed by atoms with Gasteiger partial charge in [-0.25, -0.2) is 0 Å². The van der Waals surface area contributed by atoms with Crippen molar-refractivity contribution in [1.29, 1.82) is 0 Å². The SMILES string of the molecule is C.Oc1ccc(OCC(O)CN2CCN(c3ccc(-c4ccccc4)cc3)CC2)cc1. The van der Waals surface area contributed by atoms with E-state index in [1.807, 2.05) is 6.07 Å². The molecule has 0 bridgehead atoms. The highest BCUT2D eigenvalue weighted by Crippen LogP contribution is 2.24. The van der Waals surface area contributed by atoms with Crippen molar-refractivity contribution in [2.24, 2.45) is 0 Å². The van der Waals surface area contributed by atoms with E-state index in [-0.39, 0.29) is 19.8 Å². The van der Waals surface area contributed by atoms with Gasteiger partial charge in [-0.1, -0.05) is 49.9 Å². The average Bonchev–Trinajstić information content (AvgIpc) is 2.80. The maximum absolute atomic E-state index is 10.3. The summed E-state index contributed by atoms with van der Waals surface area (Å²) in [5.74, 6) is 0.853. The molecule has 31 heavy (non-hydrogen) atoms. The highest BCUT2D eigenvalue weighted by Gasteiger charge is 2.20. The number of nitrogens with zero attached hydrogens (tertiary/aromatic N) is 2. The molecule has 1 unspecified atom stereocenters. The van der Waals surface area contributed by atoms with Crippen LogP contribution in [0.15, 0.2) is 78.9 Å². The van der Waals surface area contributed by atoms with Gasteiger partial charge >= 0.3 is 0 Å². The van der Waals surface area contributed by atoms with Crippen molar-refractivity contribution < 1.29 is 14.9 Å². The second kappa shape index (κ2) is 10.8. The van der Waals surface area contributed by atoms with Crippen LogP contribution in [0.2, 0.25) is 0 Å². The number of β-amino-alcohol motifs (C(OH)–C–C–N with tert-alkyl or cyclic N) is 1. The molecule has 5 nitrogen and oxygen atoms in total. The fraction of sp³-hybridized carbons (Fsp3) is 0.308. The summed E-state index contributed by atoms with van der Waals surface area (Å²) in [5, 5.41) is 19.6. The first-order valence-corrected chi connectivity index (χ1v) is 10.4. The van der Waals surface area contributed by atoms with Crippen LogP contribution in [-0.4, -0.2) is 60.5 Å². The van der Waals surface area contributed by atoms with Crippen molar-refractivity contribution in [2.45, 2.75) is 13.5 Å². The van der Waals surface area contributed by atoms with Crippen LogP contribution < -0.4 is 9.64 Å². The molecule has 1 saturated heterocycles. The van der Waals surface area contributed by atoms with Crippen LogP contribution in [0.5, 0.6) is 11.5 Å². The van der Waals surface area contributed by atoms with E-state index >= 15 is 0 Å². The lowest BCUT2D eigenvalue weighted by molar-refractivity contribution is 0.0663. The Morgan fingerprint density at radius 1 is 0.774 bits per heavy atom. The molecule has 3 aromatic rings. The van der Waals surface area contributed by atoms with E-state index < -0.39 is 6.10 Å². The van der Waals surface area contributed by atoms with Gasteiger partial charge in [0.2, 0.25) is 0 Å². The van der Waals surface area contributed by atoms with Crippen LogP contribution in [0, 0.1) is 0 Å². The molecule has 3 aromatic carbocycles. The Labute approximate surface area is 185 Å². The number of aromatic hydroxyl groups is 1. The summed E-state index contributed by atoms with van der Waals surface area (Å²) in [7, 11) is 0. The van der Waals surface area contributed by atoms with Gasteiger partial charge in [0.1, 0.15) is 24.2 Å². The zero-order valence-electron chi connectivity index (χ0n) is 17.0. The van der Waals surface area contributed by atoms with Crippen molar-refractivity contribution >= 4 is 5.69 Å². The van der Waals surface area contributed by atoms with Gasteiger partial charge in [0.05, 0.1) is 0 Å². The molecule has 1 aliphatic rings. The van der Waals surface area contributed by atoms with Crippen LogP contribution in [0.25, 0.3) is 11.1 Å². The zero-order valence-corrected chi connectivity index (χ0v) is 17.0. The quantitative estimate of drug-likeness (QED) is 0.598. The second-order valence-corrected chi connectivity index (χ2v) is 7.66. The molecule has 5 heteroatoms. The Balaban J connectivity index is 0.00000272. The minimum absolute atomic E-state index is 0. The lowest BCUT2D eigenvalue weighted by Crippen LogP contribution is -2.49. The van der Waals surface area contributed by atoms with Gasteiger partial charge in [-0.05, 0) is 47.5 Å². The summed E-state index contributed by atoms with van der Waals surface area (Å²) in [5.41, 5.74) is 3.71. The largest absolute Gasteiger partial charge is 0.508 e. The number of phenols is 1. The van der Waals surface area contributed by atoms with E-state index in [2.05, 4.69) is 58.3 Å². The lowest BCUT2D eigenvalue weighted by Gasteiger charge is -2.37. The molecule has 0 aliphatic carbocycles. The molecule has 0 radical (unpaired) electrons. The molecule has 0 saturated carbocycles. The number of anilines is 1. The van der Waals surface area contributed by atoms with E-state index in [1.54, 1.807) is 24.3 Å². The molecule has 0 spiro atoms. The normalized spacial score (nSPS) is 15.2. The number of piperazine rings is 1. The first kappa shape index (κ1) is 22.7. The summed E-state index contributed by atoms with van der Waals surface area (Å²) >= 11 is 0. The Morgan fingerprint density at radius 3 is 2.03 bits per heavy atom. The maximum atomic E-state index is 10.3. The van der Waals surface area contributed by atoms with E-state index in [4.69, 9.17) is 4.74 Å². The fourth-order valence-corrected chi connectivity index (χ4v) is 3.77. The van der Waals surface area contributed by atoms with Gasteiger partial charge in [0.15, 0.2) is 0 Å². The molecule has 1 aliphatic heterocycles. The predicted molar refractivity (Wildman–Crippen MR) is 127 cm³/mol. The molecule has 1 fully saturated rings. The number of phenolic OH excluding ortho intramolecular Hbond substituents is 1. The van der Waals surface area contributed by atoms with E-state index in [1.165, 1.54) is 16.8 Å². The van der Waals surface area contributed by atoms with Crippen LogP contribution >= 0.6 is 0 Å². The van der Waals surface area contributed by atoms with Gasteiger partial charge in [-0.2, -0.15) is 0 Å². The van der Waals surface area contributed by atoms with Gasteiger partial charge in [-0.3, -0.25) is 4.90 Å². The number of hydrogen-bond donors (Lipinski definition) is 2. The highest BCUT2D eigenvalue weighted by atomic mass is 16.5. The Bertz CT molecular complexity index is 906. The minimum Gasteiger partial charge on any atom is -0.508 e. The zero-order chi connectivity index (χ0) is 20.8. The summed E-state index contributed by atoms with van der Waals surface area (Å²) in [4.78, 5) is 4.67. The third-order valence-corrected chi connectivity index (χ3v) is 5.46. The standard InChI is InChI=1S/C25H28N2O3.CH4/c28-23-10-12-25(13-11-23)30-19-24(29)18-26-14-16-27(17-15-26)22-8-6-21(7-9-22)20-4-2-1-3-5-20;/h1-13,24,28-29H,14-19H2;1H4. The second-order valence-electron chi connectivity index (χ2n) is 7.66. The van der Waals surface area contributed by atoms with Crippen LogP contribution in [0.1, 0.15) is 7.43 Å². The third-order valence-electron chi connectivity index (χ3n) is 5.46. The maximum Gasteiger partial charge on any atom is 0.119 e. The van der Waals surface area contributed by atoms with Crippen molar-refractivity contribution in [3.05, 3.63) is 78.9 Å². The van der Waals surface area contributed by atoms with Crippen molar-refractivity contribution in [1.82, 2.24) is 4.90 Å². The molecule has 1 heterocycles. The molecule has 0 amide bonds. The molecular weight excluding hydrogens is 388 g/mol. The van der Waals surface area contributed by atoms with Gasteiger partial charge in [0.25, 0.3) is 0 Å². The Morgan fingerprint density at radius 2 is 1.39 bits per heavy atom. The van der Waals surface area contributed by atoms with E-state index in [0.717, 1.165) is 26.2 Å². The summed E-state index contributed by atoms with van der Waals surface area (Å²) in [6, 6.07) is 25.7. The molecule has 0 aromatic heterocycles. The first-order valence-electron chi connectivity index (χ1n) is 10.4. The summed E-state index contributed by atoms with van der Waals surface area (Å²) in [6.07, 6.45) is -0.546. The molecule has 164 valence electrons. The van der Waals surface area contributed by atoms with Crippen LogP contribution in [0.3, 0.4) is 0 Å². The number of benzene rings is 3. The monoisotopic (exact) mass is 420 g/mol. The first-order chi connectivity index (χ1) is 14.7. The number of ether oxygens (including phenoxy) is 1. The van der Waals surface area contributed by atoms with Crippen LogP contribution in [-0.2, 0) is 0 Å². The Hall–Kier alpha value is -3.02. The summed E-state index contributed by atoms with van der Waals surface area (Å²) < 4.78 is 5.60. The topological polar surface area (TPSA) is 56.2 Å². The number of rotatable bonds is 7. The van der Waals surface area contributed by atoms with Crippen molar-refractivity contribution in [3.63, 3.8) is 0 Å². The fourth-order valence-electron chi connectivity index (χ4n) is 3.77. The molecule has 2 N–H and O–H groups in total. The van der Waals surface area contributed by atoms with Crippen molar-refractivity contribution in [2.75, 3.05) is 44.2 Å². The minimum atomic E-state index is -0.546. The highest BCUT2D eigenvalue weighted by molar-refractivity contribution is 5.66. The summed E-state index contributed by atoms with van der Waals surface area (Å²) in [6.45, 7) is 4.55. The molecule has 1 atom stereocenters. The molecule has 4 rings (SSSR count). The third kappa shape index (κ3) is 6.23. The van der Waals surface area contributed by atoms with E-state index in [9.17, 15) is 10.2 Å². The van der Waals surface area contributed by atoms with Gasteiger partial charge in [0, 0.05) is 38.4 Å². The van der Waals surface area contributed by atoms with Crippen molar-refractivity contribution in [3.8, 4) is 22.6 Å². The number of hydrogen-bond acceptors (Lipinski definition) is 5. The Kier molecular flexibility index (Phi) is 7.93. The lowest BCUT2D eigenvalue weighted by atomic mass is 10.1. The smallest absolute Gasteiger partial charge is 0.119 e. The number of aliphatic hydroxyl groups is 1.